The summed E-state index contributed by atoms with van der Waals surface area (Å²) in [7, 11) is -5.61. The first-order valence-electron chi connectivity index (χ1n) is 0.816. The van der Waals surface area contributed by atoms with Crippen LogP contribution in [-0.4, -0.2) is 9.05 Å². The van der Waals surface area contributed by atoms with Gasteiger partial charge in [-0.05, 0) is 0 Å². The molecule has 0 aromatic heterocycles. The topological polar surface area (TPSA) is 92.2 Å². The minimum absolute atomic E-state index is 0. The molecule has 0 saturated heterocycles. The number of hydrogen-bond acceptors (Lipinski definition) is 4. The van der Waals surface area contributed by atoms with Crippen LogP contribution in [-0.2, 0) is 55.3 Å². The van der Waals surface area contributed by atoms with Gasteiger partial charge in [0.25, 0.3) is 0 Å². The normalized spacial score (nSPS) is 8.57. The van der Waals surface area contributed by atoms with Gasteiger partial charge in [0.1, 0.15) is 0 Å². The Morgan fingerprint density at radius 2 is 0.714 bits per heavy atom. The zero-order valence-corrected chi connectivity index (χ0v) is 15.5. The first-order chi connectivity index (χ1) is 2.00. The van der Waals surface area contributed by atoms with Gasteiger partial charge in [-0.1, -0.05) is 0 Å². The monoisotopic (exact) mass is 496 g/mol. The van der Waals surface area contributed by atoms with Crippen LogP contribution in [0.25, 0.3) is 0 Å². The molecule has 0 spiro atoms. The molecule has 0 aromatic rings. The van der Waals surface area contributed by atoms with Gasteiger partial charge in [0.2, 0.25) is 0 Å². The van der Waals surface area contributed by atoms with Gasteiger partial charge in [0, 0.05) is 0 Å². The minimum atomic E-state index is -5.61. The quantitative estimate of drug-likeness (QED) is 0.316. The average Bonchev–Trinajstić information content (AvgIpc) is 0.722. The van der Waals surface area contributed by atoms with Crippen molar-refractivity contribution in [3.8, 4) is 0 Å². The predicted molar refractivity (Wildman–Crippen MR) is 5.75 cm³/mol. The van der Waals surface area contributed by atoms with Gasteiger partial charge < -0.3 is 28.2 Å². The van der Waals surface area contributed by atoms with Crippen LogP contribution >= 0.6 is 0 Å². The molecular formula is Hg2O4Si. The van der Waals surface area contributed by atoms with E-state index in [0.717, 1.165) is 0 Å². The summed E-state index contributed by atoms with van der Waals surface area (Å²) in [6.45, 7) is 0. The second-order valence-corrected chi connectivity index (χ2v) is 1.50. The van der Waals surface area contributed by atoms with E-state index in [1.165, 1.54) is 0 Å². The van der Waals surface area contributed by atoms with E-state index in [0.29, 0.717) is 0 Å². The molecule has 0 unspecified atom stereocenters. The molecule has 7 heteroatoms. The Bertz CT molecular complexity index is 25.2. The molecule has 0 radical (unpaired) electrons. The molecule has 0 aliphatic heterocycles. The maximum absolute atomic E-state index is 8.58. The maximum atomic E-state index is 8.58. The molecule has 32 valence electrons. The van der Waals surface area contributed by atoms with Crippen LogP contribution in [0.4, 0.5) is 0 Å². The maximum Gasteiger partial charge on any atom is 2.00 e. The van der Waals surface area contributed by atoms with Crippen molar-refractivity contribution in [1.29, 1.82) is 0 Å². The van der Waals surface area contributed by atoms with Crippen molar-refractivity contribution in [3.63, 3.8) is 0 Å². The van der Waals surface area contributed by atoms with Crippen molar-refractivity contribution in [2.75, 3.05) is 0 Å². The van der Waals surface area contributed by atoms with E-state index in [-0.39, 0.29) is 55.3 Å². The van der Waals surface area contributed by atoms with Crippen molar-refractivity contribution in [3.05, 3.63) is 0 Å². The van der Waals surface area contributed by atoms with Gasteiger partial charge >= 0.3 is 55.3 Å². The summed E-state index contributed by atoms with van der Waals surface area (Å²) in [6.07, 6.45) is 0. The molecule has 0 rings (SSSR count). The summed E-state index contributed by atoms with van der Waals surface area (Å²) in [6, 6.07) is 0. The smallest absolute Gasteiger partial charge is 0.894 e. The molecule has 0 fully saturated rings. The van der Waals surface area contributed by atoms with Gasteiger partial charge in [-0.3, -0.25) is 0 Å². The van der Waals surface area contributed by atoms with Gasteiger partial charge in [-0.15, -0.1) is 0 Å². The van der Waals surface area contributed by atoms with Crippen LogP contribution in [0.1, 0.15) is 0 Å². The van der Waals surface area contributed by atoms with Crippen molar-refractivity contribution < 1.29 is 74.5 Å². The first-order valence-corrected chi connectivity index (χ1v) is 2.45. The molecule has 0 saturated carbocycles. The van der Waals surface area contributed by atoms with E-state index < -0.39 is 9.05 Å². The Kier molecular flexibility index (Phi) is 13.8. The van der Waals surface area contributed by atoms with Crippen LogP contribution in [0.5, 0.6) is 0 Å². The summed E-state index contributed by atoms with van der Waals surface area (Å²) < 4.78 is 0. The standard InChI is InChI=1S/2Hg.O4Si/c;;1-5(2,3)4/q2*+2;-4. The van der Waals surface area contributed by atoms with Crippen molar-refractivity contribution in [2.45, 2.75) is 0 Å². The Hall–Kier alpha value is 1.93. The van der Waals surface area contributed by atoms with Crippen LogP contribution in [0.2, 0.25) is 0 Å². The van der Waals surface area contributed by atoms with E-state index in [1.54, 1.807) is 0 Å². The van der Waals surface area contributed by atoms with Gasteiger partial charge in [-0.2, -0.15) is 0 Å². The molecular weight excluding hydrogens is 493 g/mol. The molecule has 0 aliphatic carbocycles. The second kappa shape index (κ2) is 6.05. The Morgan fingerprint density at radius 3 is 0.714 bits per heavy atom. The van der Waals surface area contributed by atoms with Crippen LogP contribution in [0.15, 0.2) is 0 Å². The fraction of sp³-hybridized carbons (Fsp3) is 0. The second-order valence-electron chi connectivity index (χ2n) is 0.500. The van der Waals surface area contributed by atoms with Crippen LogP contribution < -0.4 is 19.2 Å². The molecule has 0 N–H and O–H groups in total. The third-order valence-electron chi connectivity index (χ3n) is 0. The number of rotatable bonds is 0. The molecule has 0 heterocycles. The molecule has 4 nitrogen and oxygen atoms in total. The summed E-state index contributed by atoms with van der Waals surface area (Å²) in [5, 5.41) is 0. The third kappa shape index (κ3) is 75.0. The van der Waals surface area contributed by atoms with E-state index >= 15 is 0 Å². The first kappa shape index (κ1) is 16.0. The zero-order chi connectivity index (χ0) is 4.50. The van der Waals surface area contributed by atoms with E-state index in [4.69, 9.17) is 19.2 Å². The zero-order valence-electron chi connectivity index (χ0n) is 3.55. The van der Waals surface area contributed by atoms with Gasteiger partial charge in [0.05, 0.1) is 0 Å². The molecule has 0 bridgehead atoms. The fourth-order valence-electron chi connectivity index (χ4n) is 0. The van der Waals surface area contributed by atoms with E-state index in [9.17, 15) is 0 Å². The number of hydrogen-bond donors (Lipinski definition) is 0. The molecule has 7 heavy (non-hydrogen) atoms. The van der Waals surface area contributed by atoms with E-state index in [1.807, 2.05) is 0 Å². The summed E-state index contributed by atoms with van der Waals surface area (Å²) in [4.78, 5) is 34.3. The molecule has 0 aliphatic rings. The van der Waals surface area contributed by atoms with Crippen molar-refractivity contribution in [2.24, 2.45) is 0 Å². The summed E-state index contributed by atoms with van der Waals surface area (Å²) >= 11 is 0. The van der Waals surface area contributed by atoms with Crippen molar-refractivity contribution >= 4 is 9.05 Å². The third-order valence-corrected chi connectivity index (χ3v) is 0. The van der Waals surface area contributed by atoms with Gasteiger partial charge in [0.15, 0.2) is 0 Å². The van der Waals surface area contributed by atoms with Crippen molar-refractivity contribution in [1.82, 2.24) is 0 Å². The summed E-state index contributed by atoms with van der Waals surface area (Å²) in [5.74, 6) is 0. The Labute approximate surface area is 82.7 Å². The van der Waals surface area contributed by atoms with Crippen LogP contribution in [0.3, 0.4) is 0 Å². The predicted octanol–water partition coefficient (Wildman–Crippen LogP) is -5.14. The van der Waals surface area contributed by atoms with Gasteiger partial charge in [-0.25, -0.2) is 0 Å². The van der Waals surface area contributed by atoms with Crippen LogP contribution in [0, 0.1) is 0 Å². The molecule has 0 aromatic carbocycles. The molecule has 0 amide bonds. The Balaban J connectivity index is -0.0000000800. The average molecular weight is 493 g/mol. The fourth-order valence-corrected chi connectivity index (χ4v) is 0. The van der Waals surface area contributed by atoms with E-state index in [2.05, 4.69) is 0 Å². The largest absolute Gasteiger partial charge is 2.00 e. The Morgan fingerprint density at radius 1 is 0.714 bits per heavy atom. The summed E-state index contributed by atoms with van der Waals surface area (Å²) in [5.41, 5.74) is 0. The minimum Gasteiger partial charge on any atom is -0.894 e. The molecule has 0 atom stereocenters. The SMILES string of the molecule is [Hg+2].[Hg+2].[O-][Si]([O-])([O-])[O-].